The predicted molar refractivity (Wildman–Crippen MR) is 61.9 cm³/mol. The van der Waals surface area contributed by atoms with Gasteiger partial charge in [0.05, 0.1) is 17.8 Å². The summed E-state index contributed by atoms with van der Waals surface area (Å²) in [4.78, 5) is 8.54. The molecular formula is C12H14N4. The first-order valence-corrected chi connectivity index (χ1v) is 5.36. The third-order valence-corrected chi connectivity index (χ3v) is 2.62. The first kappa shape index (κ1) is 10.6. The van der Waals surface area contributed by atoms with Crippen molar-refractivity contribution < 1.29 is 0 Å². The van der Waals surface area contributed by atoms with Gasteiger partial charge in [0.1, 0.15) is 17.3 Å². The summed E-state index contributed by atoms with van der Waals surface area (Å²) in [6.07, 6.45) is 3.49. The van der Waals surface area contributed by atoms with E-state index < -0.39 is 0 Å². The van der Waals surface area contributed by atoms with Gasteiger partial charge in [-0.3, -0.25) is 4.98 Å². The lowest BCUT2D eigenvalue weighted by Gasteiger charge is -2.13. The fourth-order valence-electron chi connectivity index (χ4n) is 1.88. The van der Waals surface area contributed by atoms with Gasteiger partial charge in [-0.15, -0.1) is 0 Å². The molecule has 0 amide bonds. The Morgan fingerprint density at radius 3 is 2.75 bits per heavy atom. The summed E-state index contributed by atoms with van der Waals surface area (Å²) in [5, 5.41) is 9.00. The molecule has 2 aromatic rings. The molecule has 16 heavy (non-hydrogen) atoms. The topological polar surface area (TPSA) is 54.5 Å². The molecule has 0 aliphatic heterocycles. The molecule has 0 fully saturated rings. The molecule has 0 aliphatic rings. The maximum Gasteiger partial charge on any atom is 0.127 e. The Morgan fingerprint density at radius 1 is 1.38 bits per heavy atom. The number of hydrogen-bond donors (Lipinski definition) is 0. The minimum absolute atomic E-state index is 0.199. The highest BCUT2D eigenvalue weighted by Gasteiger charge is 2.17. The zero-order chi connectivity index (χ0) is 11.7. The van der Waals surface area contributed by atoms with Crippen molar-refractivity contribution in [2.24, 2.45) is 0 Å². The molecule has 4 nitrogen and oxygen atoms in total. The number of fused-ring (bicyclic) bond motifs is 1. The van der Waals surface area contributed by atoms with E-state index >= 15 is 0 Å². The summed E-state index contributed by atoms with van der Waals surface area (Å²) in [6, 6.07) is 4.46. The maximum absolute atomic E-state index is 9.00. The van der Waals surface area contributed by atoms with Crippen LogP contribution in [0.25, 0.3) is 11.0 Å². The molecule has 82 valence electrons. The number of hydrogen-bond acceptors (Lipinski definition) is 3. The zero-order valence-corrected chi connectivity index (χ0v) is 9.68. The number of nitrogens with zero attached hydrogens (tertiary/aromatic N) is 4. The summed E-state index contributed by atoms with van der Waals surface area (Å²) in [5.74, 6) is 0.621. The predicted octanol–water partition coefficient (Wildman–Crippen LogP) is 2.64. The fourth-order valence-corrected chi connectivity index (χ4v) is 1.88. The highest BCUT2D eigenvalue weighted by Crippen LogP contribution is 2.24. The first-order chi connectivity index (χ1) is 7.65. The van der Waals surface area contributed by atoms with Crippen LogP contribution in [0.3, 0.4) is 0 Å². The van der Waals surface area contributed by atoms with Gasteiger partial charge in [0.15, 0.2) is 0 Å². The van der Waals surface area contributed by atoms with Crippen molar-refractivity contribution in [3.63, 3.8) is 0 Å². The van der Waals surface area contributed by atoms with Gasteiger partial charge in [-0.1, -0.05) is 0 Å². The van der Waals surface area contributed by atoms with Crippen molar-refractivity contribution in [3.05, 3.63) is 24.3 Å². The Labute approximate surface area is 94.6 Å². The second-order valence-electron chi connectivity index (χ2n) is 4.15. The summed E-state index contributed by atoms with van der Waals surface area (Å²) < 4.78 is 2.10. The third kappa shape index (κ3) is 1.54. The lowest BCUT2D eigenvalue weighted by Crippen LogP contribution is -2.08. The molecule has 1 atom stereocenters. The first-order valence-electron chi connectivity index (χ1n) is 5.36. The Balaban J connectivity index is 2.74. The summed E-state index contributed by atoms with van der Waals surface area (Å²) in [7, 11) is 0. The van der Waals surface area contributed by atoms with Crippen LogP contribution in [0.4, 0.5) is 0 Å². The SMILES string of the molecule is CC(C#N)c1nc2cnccc2n1C(C)C. The van der Waals surface area contributed by atoms with Crippen molar-refractivity contribution in [3.8, 4) is 6.07 Å². The largest absolute Gasteiger partial charge is 0.324 e. The number of rotatable bonds is 2. The van der Waals surface area contributed by atoms with Gasteiger partial charge in [-0.05, 0) is 26.8 Å². The lowest BCUT2D eigenvalue weighted by atomic mass is 10.2. The van der Waals surface area contributed by atoms with Crippen LogP contribution < -0.4 is 0 Å². The fraction of sp³-hybridized carbons (Fsp3) is 0.417. The zero-order valence-electron chi connectivity index (χ0n) is 9.68. The smallest absolute Gasteiger partial charge is 0.127 e. The molecule has 0 spiro atoms. The van der Waals surface area contributed by atoms with Crippen molar-refractivity contribution in [1.29, 1.82) is 5.26 Å². The van der Waals surface area contributed by atoms with E-state index in [1.165, 1.54) is 0 Å². The van der Waals surface area contributed by atoms with Crippen LogP contribution in [-0.4, -0.2) is 14.5 Å². The molecule has 1 unspecified atom stereocenters. The van der Waals surface area contributed by atoms with E-state index in [4.69, 9.17) is 5.26 Å². The van der Waals surface area contributed by atoms with Crippen LogP contribution in [0.2, 0.25) is 0 Å². The van der Waals surface area contributed by atoms with Crippen LogP contribution in [0.1, 0.15) is 38.6 Å². The Morgan fingerprint density at radius 2 is 2.12 bits per heavy atom. The molecule has 0 saturated heterocycles. The highest BCUT2D eigenvalue weighted by molar-refractivity contribution is 5.75. The average Bonchev–Trinajstić information content (AvgIpc) is 2.67. The molecule has 0 radical (unpaired) electrons. The van der Waals surface area contributed by atoms with Gasteiger partial charge >= 0.3 is 0 Å². The van der Waals surface area contributed by atoms with Crippen LogP contribution in [0.5, 0.6) is 0 Å². The lowest BCUT2D eigenvalue weighted by molar-refractivity contribution is 0.577. The highest BCUT2D eigenvalue weighted by atomic mass is 15.1. The number of aromatic nitrogens is 3. The van der Waals surface area contributed by atoms with Gasteiger partial charge in [0.25, 0.3) is 0 Å². The van der Waals surface area contributed by atoms with E-state index in [0.717, 1.165) is 16.9 Å². The minimum Gasteiger partial charge on any atom is -0.324 e. The van der Waals surface area contributed by atoms with E-state index in [1.807, 2.05) is 13.0 Å². The third-order valence-electron chi connectivity index (χ3n) is 2.62. The van der Waals surface area contributed by atoms with Crippen molar-refractivity contribution in [2.45, 2.75) is 32.7 Å². The van der Waals surface area contributed by atoms with Crippen molar-refractivity contribution in [1.82, 2.24) is 14.5 Å². The van der Waals surface area contributed by atoms with Gasteiger partial charge < -0.3 is 4.57 Å². The molecule has 4 heteroatoms. The maximum atomic E-state index is 9.00. The molecule has 0 saturated carbocycles. The molecule has 2 aromatic heterocycles. The second-order valence-corrected chi connectivity index (χ2v) is 4.15. The van der Waals surface area contributed by atoms with Crippen molar-refractivity contribution >= 4 is 11.0 Å². The van der Waals surface area contributed by atoms with Crippen LogP contribution in [0.15, 0.2) is 18.5 Å². The van der Waals surface area contributed by atoms with Crippen LogP contribution in [0, 0.1) is 11.3 Å². The Bertz CT molecular complexity index is 548. The standard InChI is InChI=1S/C12H14N4/c1-8(2)16-11-4-5-14-7-10(11)15-12(16)9(3)6-13/h4-5,7-9H,1-3H3. The molecule has 0 N–H and O–H groups in total. The van der Waals surface area contributed by atoms with Gasteiger partial charge in [-0.2, -0.15) is 5.26 Å². The quantitative estimate of drug-likeness (QED) is 0.772. The molecule has 2 heterocycles. The minimum atomic E-state index is -0.199. The van der Waals surface area contributed by atoms with Gasteiger partial charge in [0.2, 0.25) is 0 Å². The van der Waals surface area contributed by atoms with Gasteiger partial charge in [-0.25, -0.2) is 4.98 Å². The Kier molecular flexibility index (Phi) is 2.61. The van der Waals surface area contributed by atoms with Crippen LogP contribution in [-0.2, 0) is 0 Å². The molecule has 2 rings (SSSR count). The second kappa shape index (κ2) is 3.93. The van der Waals surface area contributed by atoms with E-state index in [-0.39, 0.29) is 12.0 Å². The average molecular weight is 214 g/mol. The van der Waals surface area contributed by atoms with Gasteiger partial charge in [0, 0.05) is 12.2 Å². The Hall–Kier alpha value is -1.89. The summed E-state index contributed by atoms with van der Waals surface area (Å²) in [6.45, 7) is 6.05. The normalized spacial score (nSPS) is 12.9. The molecule has 0 aromatic carbocycles. The van der Waals surface area contributed by atoms with E-state index in [9.17, 15) is 0 Å². The van der Waals surface area contributed by atoms with E-state index in [2.05, 4.69) is 34.5 Å². The summed E-state index contributed by atoms with van der Waals surface area (Å²) >= 11 is 0. The molecule has 0 bridgehead atoms. The molecule has 0 aliphatic carbocycles. The molecular weight excluding hydrogens is 200 g/mol. The van der Waals surface area contributed by atoms with Crippen molar-refractivity contribution in [2.75, 3.05) is 0 Å². The number of pyridine rings is 1. The summed E-state index contributed by atoms with van der Waals surface area (Å²) in [5.41, 5.74) is 1.90. The van der Waals surface area contributed by atoms with Crippen LogP contribution >= 0.6 is 0 Å². The van der Waals surface area contributed by atoms with E-state index in [0.29, 0.717) is 0 Å². The monoisotopic (exact) mass is 214 g/mol. The number of nitriles is 1. The number of imidazole rings is 1. The van der Waals surface area contributed by atoms with E-state index in [1.54, 1.807) is 12.4 Å².